The van der Waals surface area contributed by atoms with Crippen molar-refractivity contribution >= 4 is 10.0 Å². The monoisotopic (exact) mass is 399 g/mol. The molecule has 0 N–H and O–H groups in total. The van der Waals surface area contributed by atoms with E-state index in [1.54, 1.807) is 18.3 Å². The second-order valence-corrected chi connectivity index (χ2v) is 8.68. The van der Waals surface area contributed by atoms with Crippen molar-refractivity contribution in [2.75, 3.05) is 26.2 Å². The van der Waals surface area contributed by atoms with Crippen LogP contribution in [0.25, 0.3) is 11.4 Å². The standard InChI is InChI=1S/C19H21N5O3S/c1-15-4-6-16(7-5-15)19-21-18(27-22-19)14-23-9-11-24(12-10-23)28(25,26)17-3-2-8-20-13-17/h2-8,13H,9-12,14H2,1H3. The molecule has 1 aromatic carbocycles. The van der Waals surface area contributed by atoms with Gasteiger partial charge < -0.3 is 4.52 Å². The minimum absolute atomic E-state index is 0.225. The zero-order valence-corrected chi connectivity index (χ0v) is 16.3. The van der Waals surface area contributed by atoms with Crippen LogP contribution in [0.5, 0.6) is 0 Å². The molecule has 8 nitrogen and oxygen atoms in total. The first-order valence-corrected chi connectivity index (χ1v) is 10.5. The maximum Gasteiger partial charge on any atom is 0.244 e. The number of piperazine rings is 1. The highest BCUT2D eigenvalue weighted by Crippen LogP contribution is 2.19. The van der Waals surface area contributed by atoms with Gasteiger partial charge in [0.15, 0.2) is 0 Å². The zero-order valence-electron chi connectivity index (χ0n) is 15.5. The first-order chi connectivity index (χ1) is 13.5. The Morgan fingerprint density at radius 3 is 2.50 bits per heavy atom. The number of aromatic nitrogens is 3. The van der Waals surface area contributed by atoms with E-state index >= 15 is 0 Å². The average Bonchev–Trinajstić information content (AvgIpc) is 3.18. The van der Waals surface area contributed by atoms with Gasteiger partial charge in [-0.1, -0.05) is 35.0 Å². The highest BCUT2D eigenvalue weighted by Gasteiger charge is 2.29. The van der Waals surface area contributed by atoms with Crippen molar-refractivity contribution in [2.45, 2.75) is 18.4 Å². The molecule has 3 aromatic rings. The third-order valence-electron chi connectivity index (χ3n) is 4.74. The van der Waals surface area contributed by atoms with Crippen LogP contribution in [0.2, 0.25) is 0 Å². The summed E-state index contributed by atoms with van der Waals surface area (Å²) in [5.41, 5.74) is 2.08. The minimum atomic E-state index is -3.50. The molecule has 146 valence electrons. The quantitative estimate of drug-likeness (QED) is 0.647. The van der Waals surface area contributed by atoms with Crippen LogP contribution in [0.1, 0.15) is 11.5 Å². The van der Waals surface area contributed by atoms with Gasteiger partial charge in [-0.3, -0.25) is 9.88 Å². The van der Waals surface area contributed by atoms with Crippen molar-refractivity contribution < 1.29 is 12.9 Å². The van der Waals surface area contributed by atoms with Gasteiger partial charge in [0.05, 0.1) is 6.54 Å². The Labute approximate surface area is 163 Å². The van der Waals surface area contributed by atoms with Crippen molar-refractivity contribution in [1.29, 1.82) is 0 Å². The van der Waals surface area contributed by atoms with Crippen molar-refractivity contribution in [3.8, 4) is 11.4 Å². The van der Waals surface area contributed by atoms with E-state index in [0.717, 1.165) is 5.56 Å². The Hall–Kier alpha value is -2.62. The summed E-state index contributed by atoms with van der Waals surface area (Å²) in [6.07, 6.45) is 2.94. The Kier molecular flexibility index (Phi) is 5.21. The topological polar surface area (TPSA) is 92.4 Å². The fourth-order valence-electron chi connectivity index (χ4n) is 3.11. The lowest BCUT2D eigenvalue weighted by molar-refractivity contribution is 0.163. The average molecular weight is 399 g/mol. The summed E-state index contributed by atoms with van der Waals surface area (Å²) >= 11 is 0. The van der Waals surface area contributed by atoms with Crippen molar-refractivity contribution in [1.82, 2.24) is 24.3 Å². The van der Waals surface area contributed by atoms with Crippen LogP contribution >= 0.6 is 0 Å². The summed E-state index contributed by atoms with van der Waals surface area (Å²) in [4.78, 5) is 10.7. The molecule has 0 unspecified atom stereocenters. The number of nitrogens with zero attached hydrogens (tertiary/aromatic N) is 5. The molecule has 1 saturated heterocycles. The first kappa shape index (κ1) is 18.7. The fraction of sp³-hybridized carbons (Fsp3) is 0.316. The molecule has 0 radical (unpaired) electrons. The van der Waals surface area contributed by atoms with Gasteiger partial charge in [-0.25, -0.2) is 8.42 Å². The molecule has 4 rings (SSSR count). The molecule has 2 aromatic heterocycles. The number of hydrogen-bond acceptors (Lipinski definition) is 7. The lowest BCUT2D eigenvalue weighted by Gasteiger charge is -2.33. The Bertz CT molecular complexity index is 1030. The third-order valence-corrected chi connectivity index (χ3v) is 6.62. The van der Waals surface area contributed by atoms with E-state index in [1.807, 2.05) is 31.2 Å². The SMILES string of the molecule is Cc1ccc(-c2noc(CN3CCN(S(=O)(=O)c4cccnc4)CC3)n2)cc1. The summed E-state index contributed by atoms with van der Waals surface area (Å²) in [6, 6.07) is 11.1. The van der Waals surface area contributed by atoms with Gasteiger partial charge >= 0.3 is 0 Å². The Morgan fingerprint density at radius 1 is 1.07 bits per heavy atom. The van der Waals surface area contributed by atoms with E-state index in [2.05, 4.69) is 20.0 Å². The number of pyridine rings is 1. The van der Waals surface area contributed by atoms with Gasteiger partial charge in [0.25, 0.3) is 0 Å². The predicted molar refractivity (Wildman–Crippen MR) is 103 cm³/mol. The van der Waals surface area contributed by atoms with Crippen LogP contribution < -0.4 is 0 Å². The van der Waals surface area contributed by atoms with Crippen LogP contribution in [0.15, 0.2) is 58.2 Å². The number of aryl methyl sites for hydroxylation is 1. The Balaban J connectivity index is 1.37. The van der Waals surface area contributed by atoms with Gasteiger partial charge in [0, 0.05) is 44.1 Å². The molecule has 0 saturated carbocycles. The maximum absolute atomic E-state index is 12.7. The van der Waals surface area contributed by atoms with Crippen LogP contribution in [0.3, 0.4) is 0 Å². The second-order valence-electron chi connectivity index (χ2n) is 6.75. The summed E-state index contributed by atoms with van der Waals surface area (Å²) in [7, 11) is -3.50. The third kappa shape index (κ3) is 3.96. The van der Waals surface area contributed by atoms with Crippen LogP contribution in [-0.2, 0) is 16.6 Å². The van der Waals surface area contributed by atoms with E-state index in [1.165, 1.54) is 16.1 Å². The highest BCUT2D eigenvalue weighted by molar-refractivity contribution is 7.89. The summed E-state index contributed by atoms with van der Waals surface area (Å²) in [6.45, 7) is 4.55. The minimum Gasteiger partial charge on any atom is -0.338 e. The lowest BCUT2D eigenvalue weighted by Crippen LogP contribution is -2.48. The molecular formula is C19H21N5O3S. The molecule has 1 fully saturated rings. The van der Waals surface area contributed by atoms with E-state index < -0.39 is 10.0 Å². The second kappa shape index (κ2) is 7.78. The van der Waals surface area contributed by atoms with Crippen molar-refractivity contribution in [3.05, 3.63) is 60.2 Å². The molecule has 1 aliphatic rings. The van der Waals surface area contributed by atoms with Gasteiger partial charge in [0.2, 0.25) is 21.7 Å². The molecule has 0 aliphatic carbocycles. The highest BCUT2D eigenvalue weighted by atomic mass is 32.2. The molecule has 0 atom stereocenters. The molecule has 0 amide bonds. The van der Waals surface area contributed by atoms with E-state index in [9.17, 15) is 8.42 Å². The Morgan fingerprint density at radius 2 is 1.82 bits per heavy atom. The van der Waals surface area contributed by atoms with E-state index in [0.29, 0.717) is 44.4 Å². The number of rotatable bonds is 5. The van der Waals surface area contributed by atoms with Gasteiger partial charge in [-0.15, -0.1) is 0 Å². The maximum atomic E-state index is 12.7. The summed E-state index contributed by atoms with van der Waals surface area (Å²) in [5, 5.41) is 4.05. The van der Waals surface area contributed by atoms with Gasteiger partial charge in [0.1, 0.15) is 4.90 Å². The molecule has 0 bridgehead atoms. The molecule has 3 heterocycles. The van der Waals surface area contributed by atoms with E-state index in [-0.39, 0.29) is 4.90 Å². The number of sulfonamides is 1. The fourth-order valence-corrected chi connectivity index (χ4v) is 4.49. The lowest BCUT2D eigenvalue weighted by atomic mass is 10.1. The molecule has 0 spiro atoms. The number of hydrogen-bond donors (Lipinski definition) is 0. The van der Waals surface area contributed by atoms with Crippen LogP contribution in [-0.4, -0.2) is 58.9 Å². The van der Waals surface area contributed by atoms with Gasteiger partial charge in [-0.2, -0.15) is 9.29 Å². The summed E-state index contributed by atoms with van der Waals surface area (Å²) in [5.74, 6) is 1.09. The number of benzene rings is 1. The summed E-state index contributed by atoms with van der Waals surface area (Å²) < 4.78 is 32.2. The zero-order chi connectivity index (χ0) is 19.6. The molecule has 28 heavy (non-hydrogen) atoms. The van der Waals surface area contributed by atoms with Crippen molar-refractivity contribution in [3.63, 3.8) is 0 Å². The van der Waals surface area contributed by atoms with Crippen LogP contribution in [0.4, 0.5) is 0 Å². The van der Waals surface area contributed by atoms with Gasteiger partial charge in [-0.05, 0) is 19.1 Å². The molecule has 9 heteroatoms. The van der Waals surface area contributed by atoms with E-state index in [4.69, 9.17) is 4.52 Å². The smallest absolute Gasteiger partial charge is 0.244 e. The normalized spacial score (nSPS) is 16.3. The molecular weight excluding hydrogens is 378 g/mol. The first-order valence-electron chi connectivity index (χ1n) is 9.04. The largest absolute Gasteiger partial charge is 0.338 e. The van der Waals surface area contributed by atoms with Crippen molar-refractivity contribution in [2.24, 2.45) is 0 Å². The predicted octanol–water partition coefficient (Wildman–Crippen LogP) is 1.95. The van der Waals surface area contributed by atoms with Crippen LogP contribution in [0, 0.1) is 6.92 Å². The molecule has 1 aliphatic heterocycles.